The maximum atomic E-state index is 11.9. The van der Waals surface area contributed by atoms with E-state index in [1.54, 1.807) is 6.07 Å². The van der Waals surface area contributed by atoms with E-state index < -0.39 is 36.0 Å². The number of hydrogen-bond donors (Lipinski definition) is 2. The number of halogens is 3. The van der Waals surface area contributed by atoms with Gasteiger partial charge in [-0.2, -0.15) is 13.2 Å². The van der Waals surface area contributed by atoms with E-state index in [9.17, 15) is 21.6 Å². The molecule has 0 saturated carbocycles. The Morgan fingerprint density at radius 3 is 2.50 bits per heavy atom. The highest BCUT2D eigenvalue weighted by atomic mass is 32.2. The fourth-order valence-corrected chi connectivity index (χ4v) is 2.65. The van der Waals surface area contributed by atoms with Gasteiger partial charge in [0.05, 0.1) is 18.1 Å². The van der Waals surface area contributed by atoms with Gasteiger partial charge in [-0.15, -0.1) is 0 Å². The zero-order valence-corrected chi connectivity index (χ0v) is 11.2. The van der Waals surface area contributed by atoms with Crippen molar-refractivity contribution in [2.75, 3.05) is 19.8 Å². The molecule has 1 rings (SSSR count). The van der Waals surface area contributed by atoms with Crippen LogP contribution in [0.4, 0.5) is 13.2 Å². The van der Waals surface area contributed by atoms with E-state index in [1.165, 1.54) is 18.2 Å². The van der Waals surface area contributed by atoms with Gasteiger partial charge < -0.3 is 9.84 Å². The molecule has 1 aromatic carbocycles. The molecular weight excluding hydrogens is 299 g/mol. The van der Waals surface area contributed by atoms with Gasteiger partial charge in [0.1, 0.15) is 6.61 Å². The summed E-state index contributed by atoms with van der Waals surface area (Å²) in [7, 11) is -3.89. The van der Waals surface area contributed by atoms with Gasteiger partial charge in [-0.05, 0) is 11.6 Å². The molecule has 0 fully saturated rings. The molecule has 0 radical (unpaired) electrons. The molecule has 5 nitrogen and oxygen atoms in total. The first-order chi connectivity index (χ1) is 9.26. The summed E-state index contributed by atoms with van der Waals surface area (Å²) in [5.41, 5.74) is 0.205. The molecule has 0 bridgehead atoms. The van der Waals surface area contributed by atoms with E-state index in [1.807, 2.05) is 0 Å². The number of nitrogens with one attached hydrogen (secondary N) is 1. The maximum Gasteiger partial charge on any atom is 0.411 e. The average Bonchev–Trinajstić information content (AvgIpc) is 2.36. The number of aliphatic hydroxyl groups excluding tert-OH is 1. The smallest absolute Gasteiger partial charge is 0.392 e. The van der Waals surface area contributed by atoms with Crippen molar-refractivity contribution in [3.63, 3.8) is 0 Å². The SMILES string of the molecule is O=S(=O)(NCCOCC(F)(F)F)c1ccccc1CO. The molecule has 0 aromatic heterocycles. The predicted molar refractivity (Wildman–Crippen MR) is 64.4 cm³/mol. The maximum absolute atomic E-state index is 11.9. The van der Waals surface area contributed by atoms with Gasteiger partial charge in [0.2, 0.25) is 10.0 Å². The lowest BCUT2D eigenvalue weighted by Crippen LogP contribution is -2.29. The molecular formula is C11H14F3NO4S. The van der Waals surface area contributed by atoms with Crippen LogP contribution in [0.5, 0.6) is 0 Å². The van der Waals surface area contributed by atoms with Crippen molar-refractivity contribution < 1.29 is 31.4 Å². The standard InChI is InChI=1S/C11H14F3NO4S/c12-11(13,14)8-19-6-5-15-20(17,18)10-4-2-1-3-9(10)7-16/h1-4,15-16H,5-8H2. The summed E-state index contributed by atoms with van der Waals surface area (Å²) in [4.78, 5) is -0.113. The second-order valence-corrected chi connectivity index (χ2v) is 5.57. The molecule has 2 N–H and O–H groups in total. The first kappa shape index (κ1) is 16.9. The number of rotatable bonds is 7. The van der Waals surface area contributed by atoms with Crippen molar-refractivity contribution >= 4 is 10.0 Å². The van der Waals surface area contributed by atoms with Gasteiger partial charge in [0.15, 0.2) is 0 Å². The van der Waals surface area contributed by atoms with Gasteiger partial charge in [0.25, 0.3) is 0 Å². The number of ether oxygens (including phenoxy) is 1. The van der Waals surface area contributed by atoms with Crippen molar-refractivity contribution in [2.45, 2.75) is 17.7 Å². The van der Waals surface area contributed by atoms with Crippen LogP contribution in [-0.4, -0.2) is 39.5 Å². The quantitative estimate of drug-likeness (QED) is 0.738. The third kappa shape index (κ3) is 5.45. The Bertz CT molecular complexity index is 531. The van der Waals surface area contributed by atoms with Crippen LogP contribution >= 0.6 is 0 Å². The molecule has 0 aliphatic carbocycles. The van der Waals surface area contributed by atoms with Gasteiger partial charge in [-0.25, -0.2) is 13.1 Å². The lowest BCUT2D eigenvalue weighted by Gasteiger charge is -2.11. The van der Waals surface area contributed by atoms with E-state index in [2.05, 4.69) is 9.46 Å². The minimum absolute atomic E-state index is 0.113. The molecule has 9 heteroatoms. The van der Waals surface area contributed by atoms with Gasteiger partial charge in [-0.3, -0.25) is 0 Å². The molecule has 114 valence electrons. The van der Waals surface area contributed by atoms with Crippen LogP contribution in [0.1, 0.15) is 5.56 Å². The lowest BCUT2D eigenvalue weighted by atomic mass is 10.2. The van der Waals surface area contributed by atoms with E-state index in [0.29, 0.717) is 0 Å². The topological polar surface area (TPSA) is 75.6 Å². The van der Waals surface area contributed by atoms with Gasteiger partial charge in [0, 0.05) is 6.54 Å². The highest BCUT2D eigenvalue weighted by Crippen LogP contribution is 2.15. The number of sulfonamides is 1. The van der Waals surface area contributed by atoms with E-state index >= 15 is 0 Å². The Morgan fingerprint density at radius 2 is 1.90 bits per heavy atom. The summed E-state index contributed by atoms with van der Waals surface area (Å²) < 4.78 is 65.5. The summed E-state index contributed by atoms with van der Waals surface area (Å²) in [5.74, 6) is 0. The number of hydrogen-bond acceptors (Lipinski definition) is 4. The number of benzene rings is 1. The van der Waals surface area contributed by atoms with Crippen LogP contribution in [0.25, 0.3) is 0 Å². The Kier molecular flexibility index (Phi) is 5.93. The molecule has 0 saturated heterocycles. The van der Waals surface area contributed by atoms with Crippen molar-refractivity contribution in [1.29, 1.82) is 0 Å². The summed E-state index contributed by atoms with van der Waals surface area (Å²) in [6, 6.07) is 5.78. The molecule has 0 aliphatic rings. The third-order valence-electron chi connectivity index (χ3n) is 2.24. The van der Waals surface area contributed by atoms with E-state index in [0.717, 1.165) is 0 Å². The van der Waals surface area contributed by atoms with Crippen LogP contribution < -0.4 is 4.72 Å². The third-order valence-corrected chi connectivity index (χ3v) is 3.80. The van der Waals surface area contributed by atoms with Crippen LogP contribution in [0.3, 0.4) is 0 Å². The molecule has 1 aromatic rings. The molecule has 0 spiro atoms. The second-order valence-electron chi connectivity index (χ2n) is 3.83. The number of alkyl halides is 3. The minimum Gasteiger partial charge on any atom is -0.392 e. The second kappa shape index (κ2) is 7.02. The molecule has 0 atom stereocenters. The van der Waals surface area contributed by atoms with Crippen molar-refractivity contribution in [1.82, 2.24) is 4.72 Å². The highest BCUT2D eigenvalue weighted by molar-refractivity contribution is 7.89. The summed E-state index contributed by atoms with van der Waals surface area (Å²) >= 11 is 0. The first-order valence-electron chi connectivity index (χ1n) is 5.59. The largest absolute Gasteiger partial charge is 0.411 e. The van der Waals surface area contributed by atoms with Crippen LogP contribution in [-0.2, 0) is 21.4 Å². The zero-order chi connectivity index (χ0) is 15.2. The average molecular weight is 313 g/mol. The Hall–Kier alpha value is -1.16. The van der Waals surface area contributed by atoms with Gasteiger partial charge in [-0.1, -0.05) is 18.2 Å². The lowest BCUT2D eigenvalue weighted by molar-refractivity contribution is -0.173. The molecule has 0 heterocycles. The van der Waals surface area contributed by atoms with Crippen LogP contribution in [0.2, 0.25) is 0 Å². The molecule has 0 amide bonds. The van der Waals surface area contributed by atoms with Crippen LogP contribution in [0, 0.1) is 0 Å². The Balaban J connectivity index is 2.54. The van der Waals surface area contributed by atoms with Crippen molar-refractivity contribution in [2.24, 2.45) is 0 Å². The monoisotopic (exact) mass is 313 g/mol. The summed E-state index contributed by atoms with van der Waals surface area (Å²) in [6.07, 6.45) is -4.44. The van der Waals surface area contributed by atoms with Crippen molar-refractivity contribution in [3.05, 3.63) is 29.8 Å². The molecule has 0 aliphatic heterocycles. The highest BCUT2D eigenvalue weighted by Gasteiger charge is 2.27. The fraction of sp³-hybridized carbons (Fsp3) is 0.455. The van der Waals surface area contributed by atoms with Crippen LogP contribution in [0.15, 0.2) is 29.2 Å². The summed E-state index contributed by atoms with van der Waals surface area (Å²) in [5, 5.41) is 9.04. The minimum atomic E-state index is -4.44. The van der Waals surface area contributed by atoms with E-state index in [-0.39, 0.29) is 17.0 Å². The normalized spacial score (nSPS) is 12.6. The summed E-state index contributed by atoms with van der Waals surface area (Å²) in [6.45, 7) is -2.58. The first-order valence-corrected chi connectivity index (χ1v) is 7.07. The van der Waals surface area contributed by atoms with E-state index in [4.69, 9.17) is 5.11 Å². The number of aliphatic hydroxyl groups is 1. The fourth-order valence-electron chi connectivity index (χ4n) is 1.41. The molecule has 20 heavy (non-hydrogen) atoms. The van der Waals surface area contributed by atoms with Crippen molar-refractivity contribution in [3.8, 4) is 0 Å². The Labute approximate surface area is 114 Å². The zero-order valence-electron chi connectivity index (χ0n) is 10.4. The van der Waals surface area contributed by atoms with Gasteiger partial charge >= 0.3 is 6.18 Å². The molecule has 0 unspecified atom stereocenters. The predicted octanol–water partition coefficient (Wildman–Crippen LogP) is 1.04. The Morgan fingerprint density at radius 1 is 1.25 bits per heavy atom.